The first-order chi connectivity index (χ1) is 14.5. The monoisotopic (exact) mass is 516 g/mol. The van der Waals surface area contributed by atoms with Crippen molar-refractivity contribution in [1.82, 2.24) is 19.9 Å². The zero-order valence-electron chi connectivity index (χ0n) is 16.1. The van der Waals surface area contributed by atoms with E-state index in [0.29, 0.717) is 23.0 Å². The van der Waals surface area contributed by atoms with Gasteiger partial charge in [0.2, 0.25) is 5.91 Å². The Morgan fingerprint density at radius 3 is 2.93 bits per heavy atom. The molecule has 2 fully saturated rings. The number of nitrogens with zero attached hydrogens (tertiary/aromatic N) is 3. The highest BCUT2D eigenvalue weighted by atomic mass is 127. The molecule has 1 unspecified atom stereocenters. The second-order valence-electron chi connectivity index (χ2n) is 7.68. The largest absolute Gasteiger partial charge is 0.373 e. The van der Waals surface area contributed by atoms with Gasteiger partial charge in [0.15, 0.2) is 5.65 Å². The van der Waals surface area contributed by atoms with Crippen molar-refractivity contribution in [2.45, 2.75) is 25.5 Å². The van der Waals surface area contributed by atoms with E-state index in [9.17, 15) is 9.90 Å². The standard InChI is InChI=1S/C21H21IN6O2/c22-15-2-1-3-16(8-15)25-17-9-18(23-10-12-4-5-12)28-20(26-17)14(11-24-28)6-13-7-19(29)27-21(13)30/h1-3,6,8-9,11-12,19,23,29H,4-5,7,10H2,(H,25,26)(H,27,30)/b13-6+. The summed E-state index contributed by atoms with van der Waals surface area (Å²) in [6.07, 6.45) is 5.38. The van der Waals surface area contributed by atoms with E-state index in [1.807, 2.05) is 30.3 Å². The van der Waals surface area contributed by atoms with Crippen LogP contribution in [0.15, 0.2) is 42.1 Å². The van der Waals surface area contributed by atoms with Crippen LogP contribution in [0, 0.1) is 9.49 Å². The van der Waals surface area contributed by atoms with Crippen molar-refractivity contribution < 1.29 is 9.90 Å². The summed E-state index contributed by atoms with van der Waals surface area (Å²) in [5.41, 5.74) is 2.84. The van der Waals surface area contributed by atoms with Crippen LogP contribution in [0.4, 0.5) is 17.3 Å². The smallest absolute Gasteiger partial charge is 0.249 e. The second kappa shape index (κ2) is 7.88. The lowest BCUT2D eigenvalue weighted by Gasteiger charge is -2.12. The summed E-state index contributed by atoms with van der Waals surface area (Å²) >= 11 is 2.28. The Morgan fingerprint density at radius 2 is 2.20 bits per heavy atom. The van der Waals surface area contributed by atoms with Crippen molar-refractivity contribution >= 4 is 57.5 Å². The topological polar surface area (TPSA) is 104 Å². The first-order valence-corrected chi connectivity index (χ1v) is 11.0. The highest BCUT2D eigenvalue weighted by molar-refractivity contribution is 14.1. The summed E-state index contributed by atoms with van der Waals surface area (Å²) in [7, 11) is 0. The highest BCUT2D eigenvalue weighted by Crippen LogP contribution is 2.30. The molecular formula is C21H21IN6O2. The van der Waals surface area contributed by atoms with Crippen LogP contribution >= 0.6 is 22.6 Å². The maximum atomic E-state index is 12.0. The molecule has 1 saturated carbocycles. The molecule has 2 aliphatic rings. The number of fused-ring (bicyclic) bond motifs is 1. The predicted molar refractivity (Wildman–Crippen MR) is 123 cm³/mol. The Kier molecular flexibility index (Phi) is 5.07. The molecule has 1 saturated heterocycles. The summed E-state index contributed by atoms with van der Waals surface area (Å²) in [6.45, 7) is 0.896. The third kappa shape index (κ3) is 4.12. The molecular weight excluding hydrogens is 495 g/mol. The van der Waals surface area contributed by atoms with Crippen LogP contribution in [0.1, 0.15) is 24.8 Å². The van der Waals surface area contributed by atoms with Gasteiger partial charge >= 0.3 is 0 Å². The van der Waals surface area contributed by atoms with E-state index < -0.39 is 6.23 Å². The Hall–Kier alpha value is -2.66. The molecule has 2 aromatic heterocycles. The zero-order valence-corrected chi connectivity index (χ0v) is 18.3. The van der Waals surface area contributed by atoms with Gasteiger partial charge in [-0.25, -0.2) is 4.98 Å². The van der Waals surface area contributed by atoms with E-state index in [-0.39, 0.29) is 12.3 Å². The molecule has 1 aromatic carbocycles. The quantitative estimate of drug-likeness (QED) is 0.297. The van der Waals surface area contributed by atoms with E-state index in [4.69, 9.17) is 4.98 Å². The van der Waals surface area contributed by atoms with Crippen LogP contribution < -0.4 is 16.0 Å². The Bertz CT molecular complexity index is 1150. The summed E-state index contributed by atoms with van der Waals surface area (Å²) in [4.78, 5) is 16.8. The number of aliphatic hydroxyl groups is 1. The fraction of sp³-hybridized carbons (Fsp3) is 0.286. The van der Waals surface area contributed by atoms with E-state index in [1.54, 1.807) is 16.8 Å². The molecule has 8 nitrogen and oxygen atoms in total. The maximum absolute atomic E-state index is 12.0. The van der Waals surface area contributed by atoms with Crippen LogP contribution in [0.3, 0.4) is 0 Å². The van der Waals surface area contributed by atoms with Gasteiger partial charge in [0.25, 0.3) is 0 Å². The average Bonchev–Trinajstić information content (AvgIpc) is 3.37. The fourth-order valence-electron chi connectivity index (χ4n) is 3.46. The number of anilines is 3. The minimum Gasteiger partial charge on any atom is -0.373 e. The number of carbonyl (C=O) groups is 1. The molecule has 0 spiro atoms. The Labute approximate surface area is 186 Å². The number of amides is 1. The van der Waals surface area contributed by atoms with Gasteiger partial charge < -0.3 is 21.1 Å². The lowest BCUT2D eigenvalue weighted by Crippen LogP contribution is -2.24. The second-order valence-corrected chi connectivity index (χ2v) is 8.93. The van der Waals surface area contributed by atoms with Crippen LogP contribution in [-0.2, 0) is 4.79 Å². The first-order valence-electron chi connectivity index (χ1n) is 9.90. The molecule has 1 amide bonds. The number of hydrogen-bond donors (Lipinski definition) is 4. The molecule has 30 heavy (non-hydrogen) atoms. The van der Waals surface area contributed by atoms with Gasteiger partial charge in [0, 0.05) is 39.4 Å². The molecule has 0 bridgehead atoms. The molecule has 3 aromatic rings. The number of hydrogen-bond acceptors (Lipinski definition) is 6. The number of carbonyl (C=O) groups excluding carboxylic acids is 1. The van der Waals surface area contributed by atoms with Gasteiger partial charge in [-0.15, -0.1) is 0 Å². The Balaban J connectivity index is 1.54. The molecule has 154 valence electrons. The molecule has 9 heteroatoms. The number of benzene rings is 1. The van der Waals surface area contributed by atoms with Crippen molar-refractivity contribution in [2.75, 3.05) is 17.2 Å². The third-order valence-electron chi connectivity index (χ3n) is 5.20. The average molecular weight is 516 g/mol. The molecule has 3 heterocycles. The van der Waals surface area contributed by atoms with Crippen LogP contribution in [0.5, 0.6) is 0 Å². The lowest BCUT2D eigenvalue weighted by atomic mass is 10.1. The Morgan fingerprint density at radius 1 is 1.33 bits per heavy atom. The minimum atomic E-state index is -0.841. The van der Waals surface area contributed by atoms with Crippen molar-refractivity contribution in [3.63, 3.8) is 0 Å². The summed E-state index contributed by atoms with van der Waals surface area (Å²) in [5, 5.41) is 23.5. The van der Waals surface area contributed by atoms with Gasteiger partial charge in [0.1, 0.15) is 17.9 Å². The van der Waals surface area contributed by atoms with Crippen molar-refractivity contribution in [3.8, 4) is 0 Å². The fourth-order valence-corrected chi connectivity index (χ4v) is 4.01. The zero-order chi connectivity index (χ0) is 20.7. The van der Waals surface area contributed by atoms with Crippen LogP contribution in [0.2, 0.25) is 0 Å². The van der Waals surface area contributed by atoms with Gasteiger partial charge in [-0.3, -0.25) is 4.79 Å². The number of aromatic nitrogens is 3. The molecule has 1 aliphatic carbocycles. The predicted octanol–water partition coefficient (Wildman–Crippen LogP) is 3.12. The molecule has 1 aliphatic heterocycles. The number of halogens is 1. The molecule has 5 rings (SSSR count). The molecule has 1 atom stereocenters. The maximum Gasteiger partial charge on any atom is 0.249 e. The molecule has 0 radical (unpaired) electrons. The van der Waals surface area contributed by atoms with Crippen molar-refractivity contribution in [3.05, 3.63) is 51.2 Å². The van der Waals surface area contributed by atoms with Crippen LogP contribution in [-0.4, -0.2) is 38.4 Å². The normalized spacial score (nSPS) is 20.0. The number of rotatable bonds is 6. The third-order valence-corrected chi connectivity index (χ3v) is 5.87. The van der Waals surface area contributed by atoms with Gasteiger partial charge in [0.05, 0.1) is 6.20 Å². The van der Waals surface area contributed by atoms with Gasteiger partial charge in [-0.2, -0.15) is 9.61 Å². The highest BCUT2D eigenvalue weighted by Gasteiger charge is 2.25. The summed E-state index contributed by atoms with van der Waals surface area (Å²) < 4.78 is 2.89. The summed E-state index contributed by atoms with van der Waals surface area (Å²) in [5.74, 6) is 1.99. The van der Waals surface area contributed by atoms with Crippen molar-refractivity contribution in [2.24, 2.45) is 5.92 Å². The van der Waals surface area contributed by atoms with Crippen molar-refractivity contribution in [1.29, 1.82) is 0 Å². The van der Waals surface area contributed by atoms with Crippen LogP contribution in [0.25, 0.3) is 11.7 Å². The van der Waals surface area contributed by atoms with Gasteiger partial charge in [-0.1, -0.05) is 6.07 Å². The molecule has 4 N–H and O–H groups in total. The number of aliphatic hydroxyl groups excluding tert-OH is 1. The first kappa shape index (κ1) is 19.3. The SMILES string of the molecule is O=C1NC(O)C/C1=C\c1cnn2c(NCC3CC3)cc(Nc3cccc(I)c3)nc12. The summed E-state index contributed by atoms with van der Waals surface area (Å²) in [6, 6.07) is 10.0. The van der Waals surface area contributed by atoms with E-state index in [1.165, 1.54) is 12.8 Å². The van der Waals surface area contributed by atoms with E-state index >= 15 is 0 Å². The van der Waals surface area contributed by atoms with E-state index in [0.717, 1.165) is 27.2 Å². The lowest BCUT2D eigenvalue weighted by molar-refractivity contribution is -0.117. The minimum absolute atomic E-state index is 0.262. The van der Waals surface area contributed by atoms with Gasteiger partial charge in [-0.05, 0) is 65.6 Å². The number of nitrogens with one attached hydrogen (secondary N) is 3. The van der Waals surface area contributed by atoms with E-state index in [2.05, 4.69) is 43.6 Å².